The minimum absolute atomic E-state index is 0.0759. The Morgan fingerprint density at radius 3 is 2.62 bits per heavy atom. The fourth-order valence-corrected chi connectivity index (χ4v) is 1.91. The monoisotopic (exact) mass is 307 g/mol. The molecule has 0 radical (unpaired) electrons. The molecule has 0 N–H and O–H groups in total. The molecule has 0 spiro atoms. The number of carbonyl (C=O) groups excluding carboxylic acids is 1. The van der Waals surface area contributed by atoms with Crippen molar-refractivity contribution in [2.45, 2.75) is 6.54 Å². The van der Waals surface area contributed by atoms with Gasteiger partial charge in [0.1, 0.15) is 11.6 Å². The number of carbonyl (C=O) groups is 1. The third-order valence-corrected chi connectivity index (χ3v) is 3.16. The molecule has 5 heteroatoms. The minimum atomic E-state index is -0.314. The number of nitrogens with zero attached hydrogens (tertiary/aromatic N) is 1. The van der Waals surface area contributed by atoms with E-state index >= 15 is 0 Å². The number of amides is 1. The van der Waals surface area contributed by atoms with E-state index in [1.807, 2.05) is 0 Å². The van der Waals surface area contributed by atoms with Crippen LogP contribution in [0.3, 0.4) is 0 Å². The van der Waals surface area contributed by atoms with Crippen LogP contribution in [-0.4, -0.2) is 24.5 Å². The van der Waals surface area contributed by atoms with Crippen molar-refractivity contribution >= 4 is 17.5 Å². The van der Waals surface area contributed by atoms with Gasteiger partial charge < -0.3 is 9.64 Å². The second kappa shape index (κ2) is 7.09. The Bertz CT molecular complexity index is 616. The zero-order valence-electron chi connectivity index (χ0n) is 11.6. The Kier molecular flexibility index (Phi) is 5.17. The molecule has 0 atom stereocenters. The highest BCUT2D eigenvalue weighted by atomic mass is 35.5. The van der Waals surface area contributed by atoms with Gasteiger partial charge in [-0.2, -0.15) is 0 Å². The summed E-state index contributed by atoms with van der Waals surface area (Å²) in [6.07, 6.45) is 0. The van der Waals surface area contributed by atoms with Gasteiger partial charge in [0.15, 0.2) is 6.61 Å². The second-order valence-corrected chi connectivity index (χ2v) is 5.06. The summed E-state index contributed by atoms with van der Waals surface area (Å²) in [7, 11) is 1.65. The first-order chi connectivity index (χ1) is 10.0. The summed E-state index contributed by atoms with van der Waals surface area (Å²) >= 11 is 5.77. The number of likely N-dealkylation sites (N-methyl/N-ethyl adjacent to an activating group) is 1. The molecule has 110 valence electrons. The van der Waals surface area contributed by atoms with Crippen molar-refractivity contribution in [1.29, 1.82) is 0 Å². The van der Waals surface area contributed by atoms with E-state index in [-0.39, 0.29) is 18.3 Å². The van der Waals surface area contributed by atoms with Gasteiger partial charge in [-0.15, -0.1) is 0 Å². The van der Waals surface area contributed by atoms with Crippen LogP contribution in [0.25, 0.3) is 0 Å². The van der Waals surface area contributed by atoms with Crippen molar-refractivity contribution in [3.8, 4) is 5.75 Å². The average molecular weight is 308 g/mol. The van der Waals surface area contributed by atoms with Crippen molar-refractivity contribution in [2.75, 3.05) is 13.7 Å². The zero-order valence-corrected chi connectivity index (χ0v) is 12.3. The largest absolute Gasteiger partial charge is 0.484 e. The number of benzene rings is 2. The second-order valence-electron chi connectivity index (χ2n) is 4.62. The molecule has 0 aliphatic rings. The molecule has 3 nitrogen and oxygen atoms in total. The van der Waals surface area contributed by atoms with E-state index in [0.29, 0.717) is 17.3 Å². The summed E-state index contributed by atoms with van der Waals surface area (Å²) in [4.78, 5) is 13.4. The van der Waals surface area contributed by atoms with Gasteiger partial charge in [0.25, 0.3) is 5.91 Å². The van der Waals surface area contributed by atoms with Gasteiger partial charge in [-0.05, 0) is 42.0 Å². The van der Waals surface area contributed by atoms with Gasteiger partial charge >= 0.3 is 0 Å². The highest BCUT2D eigenvalue weighted by molar-refractivity contribution is 6.30. The third kappa shape index (κ3) is 4.76. The molecule has 0 aromatic heterocycles. The van der Waals surface area contributed by atoms with Crippen LogP contribution >= 0.6 is 11.6 Å². The standard InChI is InChI=1S/C16H15ClFNO2/c1-19(10-12-3-2-4-14(18)9-12)16(20)11-21-15-7-5-13(17)6-8-15/h2-9H,10-11H2,1H3. The molecule has 2 aromatic carbocycles. The molecule has 0 saturated carbocycles. The van der Waals surface area contributed by atoms with Crippen molar-refractivity contribution in [2.24, 2.45) is 0 Å². The van der Waals surface area contributed by atoms with Crippen molar-refractivity contribution in [1.82, 2.24) is 4.90 Å². The summed E-state index contributed by atoms with van der Waals surface area (Å²) in [6.45, 7) is 0.258. The Morgan fingerprint density at radius 1 is 1.24 bits per heavy atom. The van der Waals surface area contributed by atoms with Gasteiger partial charge in [0, 0.05) is 18.6 Å². The minimum Gasteiger partial charge on any atom is -0.484 e. The number of halogens is 2. The molecule has 21 heavy (non-hydrogen) atoms. The van der Waals surface area contributed by atoms with E-state index in [0.717, 1.165) is 5.56 Å². The number of hydrogen-bond donors (Lipinski definition) is 0. The summed E-state index contributed by atoms with van der Waals surface area (Å²) in [5.41, 5.74) is 0.734. The molecule has 0 bridgehead atoms. The lowest BCUT2D eigenvalue weighted by molar-refractivity contribution is -0.132. The molecule has 0 heterocycles. The molecular formula is C16H15ClFNO2. The molecule has 2 aromatic rings. The van der Waals surface area contributed by atoms with Crippen LogP contribution in [0.2, 0.25) is 5.02 Å². The maximum atomic E-state index is 13.1. The van der Waals surface area contributed by atoms with Crippen LogP contribution in [0.4, 0.5) is 4.39 Å². The molecular weight excluding hydrogens is 293 g/mol. The number of ether oxygens (including phenoxy) is 1. The van der Waals surface area contributed by atoms with Crippen molar-refractivity contribution < 1.29 is 13.9 Å². The van der Waals surface area contributed by atoms with Gasteiger partial charge in [0.2, 0.25) is 0 Å². The molecule has 2 rings (SSSR count). The van der Waals surface area contributed by atoms with Gasteiger partial charge in [-0.1, -0.05) is 23.7 Å². The molecule has 1 amide bonds. The first kappa shape index (κ1) is 15.3. The third-order valence-electron chi connectivity index (χ3n) is 2.91. The lowest BCUT2D eigenvalue weighted by atomic mass is 10.2. The highest BCUT2D eigenvalue weighted by Crippen LogP contribution is 2.15. The predicted molar refractivity (Wildman–Crippen MR) is 79.8 cm³/mol. The maximum Gasteiger partial charge on any atom is 0.260 e. The Hall–Kier alpha value is -2.07. The van der Waals surface area contributed by atoms with E-state index in [1.165, 1.54) is 17.0 Å². The summed E-state index contributed by atoms with van der Waals surface area (Å²) in [5, 5.41) is 0.608. The Morgan fingerprint density at radius 2 is 1.95 bits per heavy atom. The quantitative estimate of drug-likeness (QED) is 0.846. The van der Waals surface area contributed by atoms with Crippen LogP contribution in [0.15, 0.2) is 48.5 Å². The number of rotatable bonds is 5. The van der Waals surface area contributed by atoms with Crippen LogP contribution in [-0.2, 0) is 11.3 Å². The number of hydrogen-bond acceptors (Lipinski definition) is 2. The van der Waals surface area contributed by atoms with E-state index in [4.69, 9.17) is 16.3 Å². The first-order valence-electron chi connectivity index (χ1n) is 6.41. The van der Waals surface area contributed by atoms with Crippen LogP contribution in [0.5, 0.6) is 5.75 Å². The van der Waals surface area contributed by atoms with Crippen molar-refractivity contribution in [3.05, 3.63) is 64.9 Å². The molecule has 0 saturated heterocycles. The fourth-order valence-electron chi connectivity index (χ4n) is 1.78. The molecule has 0 aliphatic carbocycles. The lowest BCUT2D eigenvalue weighted by Gasteiger charge is -2.17. The summed E-state index contributed by atoms with van der Waals surface area (Å²) in [5.74, 6) is 0.0758. The molecule has 0 unspecified atom stereocenters. The topological polar surface area (TPSA) is 29.5 Å². The van der Waals surface area contributed by atoms with Crippen LogP contribution in [0.1, 0.15) is 5.56 Å². The zero-order chi connectivity index (χ0) is 15.2. The van der Waals surface area contributed by atoms with E-state index in [1.54, 1.807) is 43.4 Å². The Labute approximate surface area is 127 Å². The summed E-state index contributed by atoms with van der Waals surface area (Å²) < 4.78 is 18.5. The van der Waals surface area contributed by atoms with E-state index in [2.05, 4.69) is 0 Å². The molecule has 0 fully saturated rings. The average Bonchev–Trinajstić information content (AvgIpc) is 2.46. The first-order valence-corrected chi connectivity index (χ1v) is 6.79. The van der Waals surface area contributed by atoms with Gasteiger partial charge in [0.05, 0.1) is 0 Å². The maximum absolute atomic E-state index is 13.1. The van der Waals surface area contributed by atoms with Crippen LogP contribution < -0.4 is 4.74 Å². The van der Waals surface area contributed by atoms with E-state index in [9.17, 15) is 9.18 Å². The summed E-state index contributed by atoms with van der Waals surface area (Å²) in [6, 6.07) is 12.9. The van der Waals surface area contributed by atoms with Gasteiger partial charge in [-0.3, -0.25) is 4.79 Å². The highest BCUT2D eigenvalue weighted by Gasteiger charge is 2.10. The smallest absolute Gasteiger partial charge is 0.260 e. The molecule has 0 aliphatic heterocycles. The van der Waals surface area contributed by atoms with E-state index < -0.39 is 0 Å². The lowest BCUT2D eigenvalue weighted by Crippen LogP contribution is -2.30. The van der Waals surface area contributed by atoms with Crippen LogP contribution in [0, 0.1) is 5.82 Å². The normalized spacial score (nSPS) is 10.2. The van der Waals surface area contributed by atoms with Gasteiger partial charge in [-0.25, -0.2) is 4.39 Å². The predicted octanol–water partition coefficient (Wildman–Crippen LogP) is 3.52. The SMILES string of the molecule is CN(Cc1cccc(F)c1)C(=O)COc1ccc(Cl)cc1. The Balaban J connectivity index is 1.86. The fraction of sp³-hybridized carbons (Fsp3) is 0.188. The van der Waals surface area contributed by atoms with Crippen molar-refractivity contribution in [3.63, 3.8) is 0 Å².